The van der Waals surface area contributed by atoms with Crippen LogP contribution in [-0.4, -0.2) is 33.0 Å². The molecule has 23 heavy (non-hydrogen) atoms. The van der Waals surface area contributed by atoms with E-state index in [9.17, 15) is 14.4 Å². The van der Waals surface area contributed by atoms with Crippen molar-refractivity contribution in [3.8, 4) is 0 Å². The molecule has 0 aliphatic heterocycles. The molecule has 128 valence electrons. The first kappa shape index (κ1) is 17.8. The molecule has 1 fully saturated rings. The monoisotopic (exact) mass is 341 g/mol. The Labute approximate surface area is 138 Å². The van der Waals surface area contributed by atoms with Crippen LogP contribution >= 0.6 is 11.8 Å². The molecule has 1 aliphatic rings. The summed E-state index contributed by atoms with van der Waals surface area (Å²) < 4.78 is 5.65. The standard InChI is InChI=1S/C15H23N3O4S/c1-8(2)10-5-4-9(3)6-11(10)22-12(19)7-23-14-13(20)16-15(21)18-17-14/h8-11H,4-7H2,1-3H3,(H2,16,18,20,21)/t9-,10-,11+/m1/s1. The molecule has 0 aromatic carbocycles. The van der Waals surface area contributed by atoms with E-state index >= 15 is 0 Å². The highest BCUT2D eigenvalue weighted by Crippen LogP contribution is 2.35. The Morgan fingerprint density at radius 2 is 2.13 bits per heavy atom. The van der Waals surface area contributed by atoms with E-state index in [0.717, 1.165) is 24.6 Å². The summed E-state index contributed by atoms with van der Waals surface area (Å²) in [7, 11) is 0. The molecule has 1 saturated carbocycles. The van der Waals surface area contributed by atoms with Crippen molar-refractivity contribution < 1.29 is 9.53 Å². The molecule has 0 unspecified atom stereocenters. The van der Waals surface area contributed by atoms with Crippen LogP contribution in [0.15, 0.2) is 14.6 Å². The molecule has 1 aromatic rings. The topological polar surface area (TPSA) is 105 Å². The number of hydrogen-bond donors (Lipinski definition) is 2. The SMILES string of the molecule is CC(C)[C@H]1CC[C@@H](C)C[C@@H]1OC(=O)CSc1n[nH]c(=O)[nH]c1=O. The molecule has 2 N–H and O–H groups in total. The normalized spacial score (nSPS) is 24.6. The van der Waals surface area contributed by atoms with Gasteiger partial charge >= 0.3 is 11.7 Å². The lowest BCUT2D eigenvalue weighted by molar-refractivity contribution is -0.152. The third-order valence-corrected chi connectivity index (χ3v) is 5.18. The number of nitrogens with zero attached hydrogens (tertiary/aromatic N) is 1. The van der Waals surface area contributed by atoms with E-state index in [2.05, 4.69) is 36.0 Å². The largest absolute Gasteiger partial charge is 0.461 e. The van der Waals surface area contributed by atoms with E-state index in [1.165, 1.54) is 6.42 Å². The Morgan fingerprint density at radius 1 is 1.39 bits per heavy atom. The number of carbonyl (C=O) groups excluding carboxylic acids is 1. The molecule has 0 saturated heterocycles. The van der Waals surface area contributed by atoms with Crippen LogP contribution in [0.5, 0.6) is 0 Å². The van der Waals surface area contributed by atoms with Gasteiger partial charge in [0.2, 0.25) is 0 Å². The van der Waals surface area contributed by atoms with Gasteiger partial charge in [0.05, 0.1) is 5.75 Å². The number of thioether (sulfide) groups is 1. The lowest BCUT2D eigenvalue weighted by Gasteiger charge is -2.36. The Hall–Kier alpha value is -1.57. The maximum Gasteiger partial charge on any atom is 0.342 e. The van der Waals surface area contributed by atoms with Crippen molar-refractivity contribution >= 4 is 17.7 Å². The zero-order chi connectivity index (χ0) is 17.0. The highest BCUT2D eigenvalue weighted by Gasteiger charge is 2.33. The van der Waals surface area contributed by atoms with E-state index in [-0.39, 0.29) is 22.9 Å². The lowest BCUT2D eigenvalue weighted by atomic mass is 9.75. The molecule has 3 atom stereocenters. The Bertz CT molecular complexity index is 655. The van der Waals surface area contributed by atoms with Gasteiger partial charge in [0.25, 0.3) is 5.56 Å². The van der Waals surface area contributed by atoms with Crippen molar-refractivity contribution in [2.24, 2.45) is 17.8 Å². The van der Waals surface area contributed by atoms with Gasteiger partial charge in [0.15, 0.2) is 5.03 Å². The van der Waals surface area contributed by atoms with Gasteiger partial charge in [0, 0.05) is 0 Å². The maximum absolute atomic E-state index is 12.1. The van der Waals surface area contributed by atoms with Crippen molar-refractivity contribution in [3.05, 3.63) is 20.8 Å². The van der Waals surface area contributed by atoms with E-state index in [4.69, 9.17) is 4.74 Å². The number of hydrogen-bond acceptors (Lipinski definition) is 6. The second-order valence-electron chi connectivity index (χ2n) is 6.46. The molecule has 0 radical (unpaired) electrons. The van der Waals surface area contributed by atoms with Gasteiger partial charge in [-0.05, 0) is 30.6 Å². The number of rotatable bonds is 5. The molecular weight excluding hydrogens is 318 g/mol. The molecule has 1 aromatic heterocycles. The highest BCUT2D eigenvalue weighted by atomic mass is 32.2. The third-order valence-electron chi connectivity index (χ3n) is 4.25. The first-order valence-electron chi connectivity index (χ1n) is 7.88. The number of carbonyl (C=O) groups is 1. The average molecular weight is 341 g/mol. The Balaban J connectivity index is 1.92. The van der Waals surface area contributed by atoms with Crippen LogP contribution < -0.4 is 11.2 Å². The fraction of sp³-hybridized carbons (Fsp3) is 0.733. The van der Waals surface area contributed by atoms with Gasteiger partial charge < -0.3 is 4.74 Å². The van der Waals surface area contributed by atoms with Crippen molar-refractivity contribution in [1.29, 1.82) is 0 Å². The molecule has 8 heteroatoms. The Morgan fingerprint density at radius 3 is 2.78 bits per heavy atom. The van der Waals surface area contributed by atoms with Crippen LogP contribution in [0.25, 0.3) is 0 Å². The maximum atomic E-state index is 12.1. The minimum Gasteiger partial charge on any atom is -0.461 e. The molecule has 0 spiro atoms. The van der Waals surface area contributed by atoms with Gasteiger partial charge in [0.1, 0.15) is 6.10 Å². The zero-order valence-corrected chi connectivity index (χ0v) is 14.4. The Kier molecular flexibility index (Phi) is 6.04. The van der Waals surface area contributed by atoms with Gasteiger partial charge in [-0.2, -0.15) is 5.10 Å². The minimum absolute atomic E-state index is 0.00216. The number of H-pyrrole nitrogens is 2. The van der Waals surface area contributed by atoms with Crippen LogP contribution in [0.1, 0.15) is 40.0 Å². The second-order valence-corrected chi connectivity index (χ2v) is 7.42. The molecule has 2 rings (SSSR count). The third kappa shape index (κ3) is 4.95. The molecular formula is C15H23N3O4S. The minimum atomic E-state index is -0.669. The van der Waals surface area contributed by atoms with E-state index in [1.807, 2.05) is 0 Å². The first-order valence-corrected chi connectivity index (χ1v) is 8.86. The number of ether oxygens (including phenoxy) is 1. The van der Waals surface area contributed by atoms with Gasteiger partial charge in [-0.15, -0.1) is 0 Å². The predicted octanol–water partition coefficient (Wildman–Crippen LogP) is 1.55. The van der Waals surface area contributed by atoms with Crippen LogP contribution in [0.2, 0.25) is 0 Å². The summed E-state index contributed by atoms with van der Waals surface area (Å²) in [6.45, 7) is 6.48. The second kappa shape index (κ2) is 7.81. The van der Waals surface area contributed by atoms with Gasteiger partial charge in [-0.25, -0.2) is 9.89 Å². The summed E-state index contributed by atoms with van der Waals surface area (Å²) in [5.41, 5.74) is -1.27. The van der Waals surface area contributed by atoms with E-state index in [1.54, 1.807) is 0 Å². The van der Waals surface area contributed by atoms with Gasteiger partial charge in [-0.3, -0.25) is 14.6 Å². The fourth-order valence-electron chi connectivity index (χ4n) is 3.02. The molecule has 0 amide bonds. The van der Waals surface area contributed by atoms with Crippen molar-refractivity contribution in [3.63, 3.8) is 0 Å². The molecule has 1 aliphatic carbocycles. The quantitative estimate of drug-likeness (QED) is 0.622. The van der Waals surface area contributed by atoms with Crippen molar-refractivity contribution in [2.45, 2.75) is 51.2 Å². The number of aromatic amines is 2. The average Bonchev–Trinajstić information content (AvgIpc) is 2.46. The lowest BCUT2D eigenvalue weighted by Crippen LogP contribution is -2.36. The zero-order valence-electron chi connectivity index (χ0n) is 13.6. The number of nitrogens with one attached hydrogen (secondary N) is 2. The number of aromatic nitrogens is 3. The van der Waals surface area contributed by atoms with Gasteiger partial charge in [-0.1, -0.05) is 39.0 Å². The van der Waals surface area contributed by atoms with Crippen LogP contribution in [0.3, 0.4) is 0 Å². The van der Waals surface area contributed by atoms with Crippen molar-refractivity contribution in [2.75, 3.05) is 5.75 Å². The molecule has 1 heterocycles. The summed E-state index contributed by atoms with van der Waals surface area (Å²) >= 11 is 0.963. The van der Waals surface area contributed by atoms with E-state index < -0.39 is 11.2 Å². The first-order chi connectivity index (χ1) is 10.9. The van der Waals surface area contributed by atoms with Crippen LogP contribution in [0, 0.1) is 17.8 Å². The van der Waals surface area contributed by atoms with Crippen LogP contribution in [0.4, 0.5) is 0 Å². The summed E-state index contributed by atoms with van der Waals surface area (Å²) in [5.74, 6) is 1.05. The fourth-order valence-corrected chi connectivity index (χ4v) is 3.63. The van der Waals surface area contributed by atoms with Crippen LogP contribution in [-0.2, 0) is 9.53 Å². The predicted molar refractivity (Wildman–Crippen MR) is 87.4 cm³/mol. The van der Waals surface area contributed by atoms with Crippen molar-refractivity contribution in [1.82, 2.24) is 15.2 Å². The van der Waals surface area contributed by atoms with E-state index in [0.29, 0.717) is 17.8 Å². The molecule has 7 nitrogen and oxygen atoms in total. The summed E-state index contributed by atoms with van der Waals surface area (Å²) in [6.07, 6.45) is 3.07. The molecule has 0 bridgehead atoms. The summed E-state index contributed by atoms with van der Waals surface area (Å²) in [5, 5.41) is 5.82. The smallest absolute Gasteiger partial charge is 0.342 e. The highest BCUT2D eigenvalue weighted by molar-refractivity contribution is 7.99. The summed E-state index contributed by atoms with van der Waals surface area (Å²) in [4.78, 5) is 36.6. The summed E-state index contributed by atoms with van der Waals surface area (Å²) in [6, 6.07) is 0. The number of esters is 1.